The number of benzene rings is 3. The molecule has 0 heterocycles. The molecule has 7 heteroatoms. The molecule has 0 saturated carbocycles. The zero-order valence-electron chi connectivity index (χ0n) is 15.4. The lowest BCUT2D eigenvalue weighted by molar-refractivity contribution is -0.147. The lowest BCUT2D eigenvalue weighted by atomic mass is 10.1. The summed E-state index contributed by atoms with van der Waals surface area (Å²) in [5.41, 5.74) is 8.72. The van der Waals surface area contributed by atoms with Gasteiger partial charge in [0.25, 0.3) is 0 Å². The zero-order valence-corrected chi connectivity index (χ0v) is 17.0. The Labute approximate surface area is 173 Å². The van der Waals surface area contributed by atoms with E-state index in [4.69, 9.17) is 39.1 Å². The van der Waals surface area contributed by atoms with Crippen LogP contribution in [0.25, 0.3) is 10.8 Å². The van der Waals surface area contributed by atoms with Crippen molar-refractivity contribution in [3.63, 3.8) is 0 Å². The quantitative estimate of drug-likeness (QED) is 0.370. The predicted octanol–water partition coefficient (Wildman–Crippen LogP) is 5.58. The maximum absolute atomic E-state index is 9.43. The van der Waals surface area contributed by atoms with Gasteiger partial charge >= 0.3 is 11.9 Å². The second-order valence-electron chi connectivity index (χ2n) is 5.99. The minimum Gasteiger partial charge on any atom is -0.481 e. The average molecular weight is 422 g/mol. The molecule has 28 heavy (non-hydrogen) atoms. The molecule has 0 aliphatic heterocycles. The molecule has 0 aliphatic carbocycles. The summed E-state index contributed by atoms with van der Waals surface area (Å²) in [6, 6.07) is 17.6. The van der Waals surface area contributed by atoms with Crippen molar-refractivity contribution in [3.8, 4) is 0 Å². The van der Waals surface area contributed by atoms with Gasteiger partial charge in [0, 0.05) is 21.1 Å². The third kappa shape index (κ3) is 8.75. The van der Waals surface area contributed by atoms with Crippen LogP contribution in [0.4, 0.5) is 5.69 Å². The van der Waals surface area contributed by atoms with Gasteiger partial charge < -0.3 is 15.9 Å². The first kappa shape index (κ1) is 23.3. The molecule has 0 spiro atoms. The van der Waals surface area contributed by atoms with Crippen LogP contribution in [0.1, 0.15) is 17.5 Å². The number of carboxylic acid groups (broad SMARTS) is 2. The number of fused-ring (bicyclic) bond motifs is 1. The Morgan fingerprint density at radius 3 is 1.96 bits per heavy atom. The van der Waals surface area contributed by atoms with Gasteiger partial charge in [-0.1, -0.05) is 59.1 Å². The van der Waals surface area contributed by atoms with E-state index in [0.717, 1.165) is 16.5 Å². The minimum atomic E-state index is -1.31. The second-order valence-corrected chi connectivity index (χ2v) is 6.83. The van der Waals surface area contributed by atoms with Gasteiger partial charge in [0.05, 0.1) is 0 Å². The van der Waals surface area contributed by atoms with Crippen molar-refractivity contribution in [3.05, 3.63) is 75.8 Å². The number of carboxylic acids is 2. The highest BCUT2D eigenvalue weighted by molar-refractivity contribution is 6.38. The standard InChI is InChI=1S/C11H8Cl2.C7H9N.C3H4O4/c1-7-2-3-10-8(4-7)5-9(12)6-11(10)13;1-6-3-2-4-7(8)5-6;4-2(5)1-3(6)7/h2-6H,1H3;2-5H,8H2,1H3;1H2,(H,4,5)(H,6,7). The Hall–Kier alpha value is -2.76. The van der Waals surface area contributed by atoms with Crippen LogP contribution >= 0.6 is 23.2 Å². The monoisotopic (exact) mass is 421 g/mol. The molecule has 0 radical (unpaired) electrons. The van der Waals surface area contributed by atoms with Crippen molar-refractivity contribution in [1.29, 1.82) is 0 Å². The number of hydrogen-bond acceptors (Lipinski definition) is 3. The molecule has 0 unspecified atom stereocenters. The largest absolute Gasteiger partial charge is 0.481 e. The van der Waals surface area contributed by atoms with Gasteiger partial charge in [-0.05, 0) is 49.1 Å². The summed E-state index contributed by atoms with van der Waals surface area (Å²) in [6.45, 7) is 4.07. The summed E-state index contributed by atoms with van der Waals surface area (Å²) < 4.78 is 0. The normalized spacial score (nSPS) is 9.57. The van der Waals surface area contributed by atoms with E-state index >= 15 is 0 Å². The molecule has 4 N–H and O–H groups in total. The van der Waals surface area contributed by atoms with Crippen LogP contribution in [0, 0.1) is 13.8 Å². The molecule has 3 aromatic carbocycles. The van der Waals surface area contributed by atoms with Crippen LogP contribution < -0.4 is 5.73 Å². The molecule has 0 atom stereocenters. The highest BCUT2D eigenvalue weighted by Gasteiger charge is 2.02. The van der Waals surface area contributed by atoms with Crippen molar-refractivity contribution in [1.82, 2.24) is 0 Å². The van der Waals surface area contributed by atoms with Crippen molar-refractivity contribution in [2.24, 2.45) is 0 Å². The number of aliphatic carboxylic acids is 2. The summed E-state index contributed by atoms with van der Waals surface area (Å²) in [4.78, 5) is 18.9. The van der Waals surface area contributed by atoms with Crippen molar-refractivity contribution < 1.29 is 19.8 Å². The SMILES string of the molecule is Cc1ccc2c(Cl)cc(Cl)cc2c1.Cc1cccc(N)c1.O=C(O)CC(=O)O. The van der Waals surface area contributed by atoms with Gasteiger partial charge in [-0.2, -0.15) is 0 Å². The highest BCUT2D eigenvalue weighted by Crippen LogP contribution is 2.28. The number of aryl methyl sites for hydroxylation is 2. The van der Waals surface area contributed by atoms with Gasteiger partial charge in [-0.15, -0.1) is 0 Å². The Morgan fingerprint density at radius 1 is 0.893 bits per heavy atom. The molecule has 0 bridgehead atoms. The third-order valence-corrected chi connectivity index (χ3v) is 3.90. The van der Waals surface area contributed by atoms with Gasteiger partial charge in [-0.3, -0.25) is 9.59 Å². The summed E-state index contributed by atoms with van der Waals surface area (Å²) in [6.07, 6.45) is -0.806. The van der Waals surface area contributed by atoms with E-state index in [1.54, 1.807) is 6.07 Å². The minimum absolute atomic E-state index is 0.683. The molecule has 0 aromatic heterocycles. The predicted molar refractivity (Wildman–Crippen MR) is 114 cm³/mol. The average Bonchev–Trinajstić information content (AvgIpc) is 2.53. The van der Waals surface area contributed by atoms with Crippen LogP contribution in [0.3, 0.4) is 0 Å². The first-order valence-electron chi connectivity index (χ1n) is 8.19. The van der Waals surface area contributed by atoms with E-state index in [1.165, 1.54) is 11.1 Å². The Kier molecular flexibility index (Phi) is 9.28. The van der Waals surface area contributed by atoms with E-state index in [9.17, 15) is 9.59 Å². The van der Waals surface area contributed by atoms with Crippen LogP contribution in [-0.4, -0.2) is 22.2 Å². The molecule has 0 aliphatic rings. The fraction of sp³-hybridized carbons (Fsp3) is 0.143. The Bertz CT molecular complexity index is 939. The first-order valence-corrected chi connectivity index (χ1v) is 8.95. The van der Waals surface area contributed by atoms with E-state index in [-0.39, 0.29) is 0 Å². The van der Waals surface area contributed by atoms with Gasteiger partial charge in [0.2, 0.25) is 0 Å². The maximum Gasteiger partial charge on any atom is 0.314 e. The van der Waals surface area contributed by atoms with Crippen LogP contribution in [0.15, 0.2) is 54.6 Å². The van der Waals surface area contributed by atoms with E-state index in [0.29, 0.717) is 10.0 Å². The number of nitrogen functional groups attached to an aromatic ring is 1. The third-order valence-electron chi connectivity index (χ3n) is 3.37. The smallest absolute Gasteiger partial charge is 0.314 e. The number of nitrogens with two attached hydrogens (primary N) is 1. The summed E-state index contributed by atoms with van der Waals surface area (Å²) in [7, 11) is 0. The molecule has 0 fully saturated rings. The molecule has 5 nitrogen and oxygen atoms in total. The summed E-state index contributed by atoms with van der Waals surface area (Å²) in [5, 5.41) is 18.9. The molecular formula is C21H21Cl2NO4. The van der Waals surface area contributed by atoms with Crippen LogP contribution in [0.5, 0.6) is 0 Å². The van der Waals surface area contributed by atoms with Gasteiger partial charge in [-0.25, -0.2) is 0 Å². The molecule has 3 rings (SSSR count). The highest BCUT2D eigenvalue weighted by atomic mass is 35.5. The van der Waals surface area contributed by atoms with Crippen LogP contribution in [-0.2, 0) is 9.59 Å². The topological polar surface area (TPSA) is 101 Å². The van der Waals surface area contributed by atoms with Gasteiger partial charge in [0.1, 0.15) is 6.42 Å². The fourth-order valence-electron chi connectivity index (χ4n) is 2.21. The van der Waals surface area contributed by atoms with Crippen molar-refractivity contribution in [2.45, 2.75) is 20.3 Å². The maximum atomic E-state index is 9.43. The molecule has 3 aromatic rings. The molecule has 0 saturated heterocycles. The number of carbonyl (C=O) groups is 2. The van der Waals surface area contributed by atoms with Gasteiger partial charge in [0.15, 0.2) is 0 Å². The van der Waals surface area contributed by atoms with E-state index < -0.39 is 18.4 Å². The summed E-state index contributed by atoms with van der Waals surface area (Å²) >= 11 is 11.9. The lowest BCUT2D eigenvalue weighted by Gasteiger charge is -2.02. The van der Waals surface area contributed by atoms with Crippen molar-refractivity contribution in [2.75, 3.05) is 5.73 Å². The molecular weight excluding hydrogens is 401 g/mol. The Morgan fingerprint density at radius 2 is 1.50 bits per heavy atom. The van der Waals surface area contributed by atoms with Crippen LogP contribution in [0.2, 0.25) is 10.0 Å². The van der Waals surface area contributed by atoms with E-state index in [1.807, 2.05) is 56.3 Å². The summed E-state index contributed by atoms with van der Waals surface area (Å²) in [5.74, 6) is -2.62. The number of hydrogen-bond donors (Lipinski definition) is 3. The zero-order chi connectivity index (χ0) is 21.3. The van der Waals surface area contributed by atoms with E-state index in [2.05, 4.69) is 6.07 Å². The first-order chi connectivity index (χ1) is 13.1. The fourth-order valence-corrected chi connectivity index (χ4v) is 2.78. The number of rotatable bonds is 2. The van der Waals surface area contributed by atoms with Crippen molar-refractivity contribution >= 4 is 51.6 Å². The second kappa shape index (κ2) is 11.2. The number of anilines is 1. The Balaban J connectivity index is 0.000000227. The lowest BCUT2D eigenvalue weighted by Crippen LogP contribution is -2.03. The number of halogens is 2. The molecule has 148 valence electrons. The molecule has 0 amide bonds.